The fraction of sp³-hybridized carbons (Fsp3) is 0.455. The second kappa shape index (κ2) is 10.4. The Bertz CT molecular complexity index is 755. The smallest absolute Gasteiger partial charge is 0.234 e. The number of carbonyl (C=O) groups excluding carboxylic acids is 2. The third kappa shape index (κ3) is 6.77. The van der Waals surface area contributed by atoms with Gasteiger partial charge >= 0.3 is 0 Å². The molecule has 6 heteroatoms. The van der Waals surface area contributed by atoms with Crippen molar-refractivity contribution in [2.75, 3.05) is 20.1 Å². The van der Waals surface area contributed by atoms with Crippen LogP contribution in [0.2, 0.25) is 0 Å². The summed E-state index contributed by atoms with van der Waals surface area (Å²) in [6.45, 7) is 8.52. The van der Waals surface area contributed by atoms with Crippen LogP contribution in [0.1, 0.15) is 55.7 Å². The average Bonchev–Trinajstić information content (AvgIpc) is 3.13. The van der Waals surface area contributed by atoms with Crippen molar-refractivity contribution >= 4 is 23.2 Å². The van der Waals surface area contributed by atoms with Gasteiger partial charge in [0.05, 0.1) is 19.1 Å². The van der Waals surface area contributed by atoms with Gasteiger partial charge in [0.1, 0.15) is 0 Å². The highest BCUT2D eigenvalue weighted by Crippen LogP contribution is 2.27. The lowest BCUT2D eigenvalue weighted by Gasteiger charge is -2.22. The standard InChI is InChI=1S/C22H31N3O2S/c1-15(2)17-8-10-18(11-9-17)22(19-7-6-12-28-19)24-21(27)14-25(5)13-20(26)23-16(3)4/h6-12,15-16,22H,13-14H2,1-5H3,(H,23,26)(H,24,27). The van der Waals surface area contributed by atoms with E-state index in [9.17, 15) is 9.59 Å². The minimum absolute atomic E-state index is 0.0793. The van der Waals surface area contributed by atoms with E-state index in [0.29, 0.717) is 5.92 Å². The first kappa shape index (κ1) is 22.1. The van der Waals surface area contributed by atoms with E-state index in [4.69, 9.17) is 0 Å². The fourth-order valence-corrected chi connectivity index (χ4v) is 3.77. The maximum Gasteiger partial charge on any atom is 0.234 e. The van der Waals surface area contributed by atoms with Crippen LogP contribution in [-0.2, 0) is 9.59 Å². The molecule has 0 aliphatic carbocycles. The lowest BCUT2D eigenvalue weighted by molar-refractivity contribution is -0.125. The molecule has 152 valence electrons. The molecule has 0 aliphatic heterocycles. The van der Waals surface area contributed by atoms with Gasteiger partial charge in [-0.15, -0.1) is 11.3 Å². The van der Waals surface area contributed by atoms with E-state index >= 15 is 0 Å². The lowest BCUT2D eigenvalue weighted by atomic mass is 9.98. The number of thiophene rings is 1. The summed E-state index contributed by atoms with van der Waals surface area (Å²) in [5.74, 6) is 0.282. The normalized spacial score (nSPS) is 12.4. The summed E-state index contributed by atoms with van der Waals surface area (Å²) in [5.41, 5.74) is 2.33. The second-order valence-electron chi connectivity index (χ2n) is 7.73. The summed E-state index contributed by atoms with van der Waals surface area (Å²) in [6.07, 6.45) is 0. The monoisotopic (exact) mass is 401 g/mol. The number of nitrogens with zero attached hydrogens (tertiary/aromatic N) is 1. The molecule has 2 aromatic rings. The summed E-state index contributed by atoms with van der Waals surface area (Å²) in [6, 6.07) is 12.3. The van der Waals surface area contributed by atoms with E-state index in [1.807, 2.05) is 31.4 Å². The molecule has 0 spiro atoms. The molecule has 0 radical (unpaired) electrons. The van der Waals surface area contributed by atoms with Gasteiger partial charge in [-0.05, 0) is 49.4 Å². The molecule has 1 aromatic heterocycles. The van der Waals surface area contributed by atoms with Crippen LogP contribution in [0.4, 0.5) is 0 Å². The molecule has 1 aromatic carbocycles. The molecule has 2 N–H and O–H groups in total. The van der Waals surface area contributed by atoms with Crippen LogP contribution in [0.5, 0.6) is 0 Å². The quantitative estimate of drug-likeness (QED) is 0.676. The number of likely N-dealkylation sites (N-methyl/N-ethyl adjacent to an activating group) is 1. The number of nitrogens with one attached hydrogen (secondary N) is 2. The molecule has 0 saturated heterocycles. The molecule has 28 heavy (non-hydrogen) atoms. The van der Waals surface area contributed by atoms with E-state index in [0.717, 1.165) is 10.4 Å². The minimum Gasteiger partial charge on any atom is -0.353 e. The molecule has 1 unspecified atom stereocenters. The Morgan fingerprint density at radius 3 is 2.00 bits per heavy atom. The predicted octanol–water partition coefficient (Wildman–Crippen LogP) is 3.53. The summed E-state index contributed by atoms with van der Waals surface area (Å²) >= 11 is 1.62. The van der Waals surface area contributed by atoms with Gasteiger partial charge in [-0.25, -0.2) is 0 Å². The van der Waals surface area contributed by atoms with E-state index in [1.54, 1.807) is 23.3 Å². The van der Waals surface area contributed by atoms with Crippen LogP contribution in [0.3, 0.4) is 0 Å². The highest BCUT2D eigenvalue weighted by molar-refractivity contribution is 7.10. The van der Waals surface area contributed by atoms with Crippen molar-refractivity contribution < 1.29 is 9.59 Å². The van der Waals surface area contributed by atoms with Crippen molar-refractivity contribution in [1.29, 1.82) is 0 Å². The van der Waals surface area contributed by atoms with Crippen molar-refractivity contribution in [2.24, 2.45) is 0 Å². The highest BCUT2D eigenvalue weighted by atomic mass is 32.1. The Labute approximate surface area is 172 Å². The number of carbonyl (C=O) groups is 2. The van der Waals surface area contributed by atoms with Gasteiger partial charge in [-0.2, -0.15) is 0 Å². The van der Waals surface area contributed by atoms with Crippen LogP contribution in [0, 0.1) is 0 Å². The van der Waals surface area contributed by atoms with Gasteiger partial charge in [-0.1, -0.05) is 44.2 Å². The Hall–Kier alpha value is -2.18. The van der Waals surface area contributed by atoms with E-state index in [-0.39, 0.29) is 37.0 Å². The highest BCUT2D eigenvalue weighted by Gasteiger charge is 2.19. The zero-order valence-corrected chi connectivity index (χ0v) is 18.2. The van der Waals surface area contributed by atoms with Crippen LogP contribution in [0.25, 0.3) is 0 Å². The van der Waals surface area contributed by atoms with E-state index in [2.05, 4.69) is 48.7 Å². The van der Waals surface area contributed by atoms with Crippen LogP contribution >= 0.6 is 11.3 Å². The number of hydrogen-bond acceptors (Lipinski definition) is 4. The zero-order chi connectivity index (χ0) is 20.7. The Balaban J connectivity index is 2.05. The molecule has 2 rings (SSSR count). The maximum absolute atomic E-state index is 12.6. The Morgan fingerprint density at radius 1 is 0.929 bits per heavy atom. The zero-order valence-electron chi connectivity index (χ0n) is 17.4. The van der Waals surface area contributed by atoms with Crippen molar-refractivity contribution in [1.82, 2.24) is 15.5 Å². The first-order valence-corrected chi connectivity index (χ1v) is 10.5. The van der Waals surface area contributed by atoms with Gasteiger partial charge in [0.15, 0.2) is 0 Å². The van der Waals surface area contributed by atoms with Gasteiger partial charge in [0.25, 0.3) is 0 Å². The molecule has 0 aliphatic rings. The largest absolute Gasteiger partial charge is 0.353 e. The molecule has 2 amide bonds. The van der Waals surface area contributed by atoms with E-state index in [1.165, 1.54) is 5.56 Å². The van der Waals surface area contributed by atoms with Gasteiger partial charge in [-0.3, -0.25) is 14.5 Å². The van der Waals surface area contributed by atoms with Crippen LogP contribution in [-0.4, -0.2) is 42.9 Å². The van der Waals surface area contributed by atoms with Gasteiger partial charge < -0.3 is 10.6 Å². The summed E-state index contributed by atoms with van der Waals surface area (Å²) < 4.78 is 0. The molecular weight excluding hydrogens is 370 g/mol. The summed E-state index contributed by atoms with van der Waals surface area (Å²) in [4.78, 5) is 27.3. The fourth-order valence-electron chi connectivity index (χ4n) is 2.97. The SMILES string of the molecule is CC(C)NC(=O)CN(C)CC(=O)NC(c1ccc(C(C)C)cc1)c1cccs1. The summed E-state index contributed by atoms with van der Waals surface area (Å²) in [5, 5.41) is 7.98. The molecule has 1 heterocycles. The van der Waals surface area contributed by atoms with Gasteiger partial charge in [0, 0.05) is 10.9 Å². The van der Waals surface area contributed by atoms with Crippen LogP contribution < -0.4 is 10.6 Å². The van der Waals surface area contributed by atoms with Crippen molar-refractivity contribution in [3.8, 4) is 0 Å². The van der Waals surface area contributed by atoms with Crippen molar-refractivity contribution in [3.63, 3.8) is 0 Å². The molecule has 0 saturated carbocycles. The number of benzene rings is 1. The Kier molecular flexibility index (Phi) is 8.20. The molecule has 0 bridgehead atoms. The lowest BCUT2D eigenvalue weighted by Crippen LogP contribution is -2.43. The van der Waals surface area contributed by atoms with Crippen LogP contribution in [0.15, 0.2) is 41.8 Å². The third-order valence-corrected chi connectivity index (χ3v) is 5.28. The third-order valence-electron chi connectivity index (χ3n) is 4.35. The maximum atomic E-state index is 12.6. The number of amides is 2. The topological polar surface area (TPSA) is 61.4 Å². The number of hydrogen-bond donors (Lipinski definition) is 2. The van der Waals surface area contributed by atoms with E-state index < -0.39 is 0 Å². The number of rotatable bonds is 9. The molecule has 1 atom stereocenters. The van der Waals surface area contributed by atoms with Gasteiger partial charge in [0.2, 0.25) is 11.8 Å². The minimum atomic E-state index is -0.188. The molecular formula is C22H31N3O2S. The average molecular weight is 402 g/mol. The second-order valence-corrected chi connectivity index (χ2v) is 8.71. The predicted molar refractivity (Wildman–Crippen MR) is 116 cm³/mol. The van der Waals surface area contributed by atoms with Crippen molar-refractivity contribution in [2.45, 2.75) is 45.7 Å². The van der Waals surface area contributed by atoms with Crippen molar-refractivity contribution in [3.05, 3.63) is 57.8 Å². The Morgan fingerprint density at radius 2 is 1.50 bits per heavy atom. The summed E-state index contributed by atoms with van der Waals surface area (Å²) in [7, 11) is 1.77. The molecule has 0 fully saturated rings. The first-order chi connectivity index (χ1) is 13.3. The molecule has 5 nitrogen and oxygen atoms in total. The first-order valence-electron chi connectivity index (χ1n) is 9.66.